The Hall–Kier alpha value is -2.37. The summed E-state index contributed by atoms with van der Waals surface area (Å²) in [4.78, 5) is 25.4. The molecule has 1 saturated heterocycles. The predicted octanol–water partition coefficient (Wildman–Crippen LogP) is 2.52. The molecular weight excluding hydrogens is 299 g/mol. The van der Waals surface area contributed by atoms with Gasteiger partial charge in [0.2, 0.25) is 5.76 Å². The molecule has 5 nitrogen and oxygen atoms in total. The first-order valence-corrected chi connectivity index (χ1v) is 7.81. The fourth-order valence-electron chi connectivity index (χ4n) is 3.96. The van der Waals surface area contributed by atoms with Crippen molar-refractivity contribution in [3.05, 3.63) is 57.8 Å². The first kappa shape index (κ1) is 14.2. The highest BCUT2D eigenvalue weighted by molar-refractivity contribution is 5.91. The lowest BCUT2D eigenvalue weighted by Crippen LogP contribution is -2.37. The van der Waals surface area contributed by atoms with Gasteiger partial charge >= 0.3 is 0 Å². The largest absolute Gasteiger partial charge is 0.373 e. The molecule has 1 unspecified atom stereocenters. The van der Waals surface area contributed by atoms with Crippen molar-refractivity contribution in [2.75, 3.05) is 13.1 Å². The van der Waals surface area contributed by atoms with Crippen molar-refractivity contribution < 1.29 is 13.7 Å². The predicted molar refractivity (Wildman–Crippen MR) is 80.7 cm³/mol. The van der Waals surface area contributed by atoms with Crippen molar-refractivity contribution in [2.45, 2.75) is 25.2 Å². The third-order valence-electron chi connectivity index (χ3n) is 5.29. The van der Waals surface area contributed by atoms with Crippen molar-refractivity contribution in [2.24, 2.45) is 5.41 Å². The Bertz CT molecular complexity index is 789. The number of hydrogen-bond donors (Lipinski definition) is 1. The molecule has 1 N–H and O–H groups in total. The molecular formula is C17H17FN2O3. The lowest BCUT2D eigenvalue weighted by atomic mass is 9.61. The number of halogens is 1. The molecule has 2 heterocycles. The van der Waals surface area contributed by atoms with Gasteiger partial charge in [0.25, 0.3) is 11.5 Å². The number of hydrogen-bond acceptors (Lipinski definition) is 3. The zero-order chi connectivity index (χ0) is 16.0. The number of rotatable bonds is 2. The molecule has 120 valence electrons. The number of benzene rings is 1. The minimum absolute atomic E-state index is 0.0456. The van der Waals surface area contributed by atoms with Gasteiger partial charge in [0.1, 0.15) is 5.82 Å². The highest BCUT2D eigenvalue weighted by Crippen LogP contribution is 2.55. The molecule has 4 rings (SSSR count). The molecule has 0 radical (unpaired) electrons. The van der Waals surface area contributed by atoms with Crippen molar-refractivity contribution >= 4 is 5.91 Å². The summed E-state index contributed by atoms with van der Waals surface area (Å²) in [5, 5.41) is 2.15. The summed E-state index contributed by atoms with van der Waals surface area (Å²) in [6.07, 6.45) is 3.28. The summed E-state index contributed by atoms with van der Waals surface area (Å²) >= 11 is 0. The zero-order valence-corrected chi connectivity index (χ0v) is 12.5. The molecule has 1 atom stereocenters. The molecule has 2 fully saturated rings. The van der Waals surface area contributed by atoms with Crippen molar-refractivity contribution in [3.63, 3.8) is 0 Å². The second-order valence-corrected chi connectivity index (χ2v) is 6.58. The molecule has 0 bridgehead atoms. The average Bonchev–Trinajstić information content (AvgIpc) is 3.11. The highest BCUT2D eigenvalue weighted by Gasteiger charge is 2.52. The summed E-state index contributed by atoms with van der Waals surface area (Å²) in [6.45, 7) is 1.22. The van der Waals surface area contributed by atoms with Crippen LogP contribution in [-0.2, 0) is 0 Å². The van der Waals surface area contributed by atoms with Crippen LogP contribution in [0.3, 0.4) is 0 Å². The molecule has 1 aromatic carbocycles. The number of nitrogens with zero attached hydrogens (tertiary/aromatic N) is 1. The summed E-state index contributed by atoms with van der Waals surface area (Å²) in [5.41, 5.74) is 0.724. The van der Waals surface area contributed by atoms with E-state index < -0.39 is 5.56 Å². The van der Waals surface area contributed by atoms with E-state index >= 15 is 0 Å². The van der Waals surface area contributed by atoms with Crippen molar-refractivity contribution in [1.82, 2.24) is 10.1 Å². The molecule has 1 aliphatic carbocycles. The number of aromatic amines is 1. The van der Waals surface area contributed by atoms with Gasteiger partial charge in [0.15, 0.2) is 0 Å². The molecule has 1 aliphatic heterocycles. The Kier molecular flexibility index (Phi) is 3.14. The fourth-order valence-corrected chi connectivity index (χ4v) is 3.96. The lowest BCUT2D eigenvalue weighted by molar-refractivity contribution is 0.0686. The van der Waals surface area contributed by atoms with Gasteiger partial charge < -0.3 is 9.42 Å². The fraction of sp³-hybridized carbons (Fsp3) is 0.412. The van der Waals surface area contributed by atoms with Crippen LogP contribution in [0.15, 0.2) is 39.6 Å². The van der Waals surface area contributed by atoms with Crippen LogP contribution in [0.25, 0.3) is 0 Å². The summed E-state index contributed by atoms with van der Waals surface area (Å²) in [6, 6.07) is 7.74. The Morgan fingerprint density at radius 3 is 2.61 bits per heavy atom. The highest BCUT2D eigenvalue weighted by atomic mass is 19.1. The first-order valence-electron chi connectivity index (χ1n) is 7.81. The van der Waals surface area contributed by atoms with Gasteiger partial charge in [-0.1, -0.05) is 18.6 Å². The average molecular weight is 316 g/mol. The molecule has 1 amide bonds. The number of H-pyrrole nitrogens is 1. The Balaban J connectivity index is 1.62. The van der Waals surface area contributed by atoms with Crippen LogP contribution in [-0.4, -0.2) is 29.1 Å². The molecule has 2 aromatic rings. The van der Waals surface area contributed by atoms with Crippen LogP contribution in [0, 0.1) is 11.2 Å². The number of nitrogens with one attached hydrogen (secondary N) is 1. The number of amides is 1. The lowest BCUT2D eigenvalue weighted by Gasteiger charge is -2.43. The summed E-state index contributed by atoms with van der Waals surface area (Å²) in [5.74, 6) is -0.272. The number of carbonyl (C=O) groups excluding carboxylic acids is 1. The van der Waals surface area contributed by atoms with Gasteiger partial charge in [-0.05, 0) is 36.0 Å². The minimum Gasteiger partial charge on any atom is -0.373 e. The van der Waals surface area contributed by atoms with E-state index in [1.807, 2.05) is 12.1 Å². The molecule has 2 aliphatic rings. The Morgan fingerprint density at radius 1 is 1.30 bits per heavy atom. The maximum absolute atomic E-state index is 13.2. The number of likely N-dealkylation sites (tertiary alicyclic amines) is 1. The smallest absolute Gasteiger partial charge is 0.292 e. The zero-order valence-electron chi connectivity index (χ0n) is 12.5. The molecule has 23 heavy (non-hydrogen) atoms. The first-order chi connectivity index (χ1) is 11.1. The second kappa shape index (κ2) is 5.08. The molecule has 1 spiro atoms. The van der Waals surface area contributed by atoms with Gasteiger partial charge in [-0.15, -0.1) is 0 Å². The minimum atomic E-state index is -0.416. The number of aromatic nitrogens is 1. The van der Waals surface area contributed by atoms with E-state index in [0.717, 1.165) is 24.8 Å². The maximum atomic E-state index is 13.2. The van der Waals surface area contributed by atoms with Crippen LogP contribution in [0.1, 0.15) is 41.3 Å². The van der Waals surface area contributed by atoms with Gasteiger partial charge in [0.05, 0.1) is 6.07 Å². The van der Waals surface area contributed by atoms with Gasteiger partial charge in [-0.2, -0.15) is 5.16 Å². The summed E-state index contributed by atoms with van der Waals surface area (Å²) < 4.78 is 18.1. The van der Waals surface area contributed by atoms with E-state index in [2.05, 4.69) is 5.16 Å². The van der Waals surface area contributed by atoms with E-state index in [1.165, 1.54) is 18.2 Å². The third-order valence-corrected chi connectivity index (χ3v) is 5.29. The van der Waals surface area contributed by atoms with Crippen LogP contribution in [0.4, 0.5) is 4.39 Å². The standard InChI is InChI=1S/C17H17FN2O3/c18-12-4-2-11(3-5-12)13-9-20(10-17(13)6-1-7-17)16(22)14-8-15(21)19-23-14/h2-5,8,13H,1,6-7,9-10H2,(H,19,21). The van der Waals surface area contributed by atoms with E-state index in [4.69, 9.17) is 4.52 Å². The van der Waals surface area contributed by atoms with E-state index in [1.54, 1.807) is 4.90 Å². The van der Waals surface area contributed by atoms with E-state index in [-0.39, 0.29) is 28.8 Å². The SMILES string of the molecule is O=C(c1cc(=O)[nH]o1)N1CC(c2ccc(F)cc2)C2(CCC2)C1. The van der Waals surface area contributed by atoms with E-state index in [9.17, 15) is 14.0 Å². The van der Waals surface area contributed by atoms with Gasteiger partial charge in [0, 0.05) is 19.0 Å². The van der Waals surface area contributed by atoms with E-state index in [0.29, 0.717) is 13.1 Å². The Labute approximate surface area is 132 Å². The summed E-state index contributed by atoms with van der Waals surface area (Å²) in [7, 11) is 0. The third kappa shape index (κ3) is 2.29. The van der Waals surface area contributed by atoms with Crippen LogP contribution in [0.5, 0.6) is 0 Å². The normalized spacial score (nSPS) is 22.3. The Morgan fingerprint density at radius 2 is 2.04 bits per heavy atom. The van der Waals surface area contributed by atoms with Gasteiger partial charge in [-0.25, -0.2) is 4.39 Å². The molecule has 1 saturated carbocycles. The maximum Gasteiger partial charge on any atom is 0.292 e. The quantitative estimate of drug-likeness (QED) is 0.926. The van der Waals surface area contributed by atoms with Crippen LogP contribution >= 0.6 is 0 Å². The number of carbonyl (C=O) groups is 1. The van der Waals surface area contributed by atoms with Crippen LogP contribution in [0.2, 0.25) is 0 Å². The van der Waals surface area contributed by atoms with Crippen molar-refractivity contribution in [1.29, 1.82) is 0 Å². The molecule has 1 aromatic heterocycles. The molecule has 6 heteroatoms. The second-order valence-electron chi connectivity index (χ2n) is 6.58. The van der Waals surface area contributed by atoms with Crippen molar-refractivity contribution in [3.8, 4) is 0 Å². The van der Waals surface area contributed by atoms with Crippen LogP contribution < -0.4 is 5.56 Å². The monoisotopic (exact) mass is 316 g/mol. The topological polar surface area (TPSA) is 66.3 Å². The van der Waals surface area contributed by atoms with Gasteiger partial charge in [-0.3, -0.25) is 9.59 Å².